The Kier molecular flexibility index (Phi) is 3.79. The summed E-state index contributed by atoms with van der Waals surface area (Å²) in [5, 5.41) is 8.98. The van der Waals surface area contributed by atoms with Crippen molar-refractivity contribution in [2.75, 3.05) is 13.6 Å². The van der Waals surface area contributed by atoms with Gasteiger partial charge in [-0.2, -0.15) is 0 Å². The van der Waals surface area contributed by atoms with Gasteiger partial charge in [-0.05, 0) is 30.2 Å². The maximum atomic E-state index is 12.3. The average molecular weight is 274 g/mol. The molecule has 0 unspecified atom stereocenters. The number of benzene rings is 1. The molecule has 1 aliphatic rings. The number of rotatable bonds is 3. The fraction of sp³-hybridized carbons (Fsp3) is 0.333. The SMILES string of the molecule is C=C(C)CN(C)C(=O)N1Cc2ccc(C(=O)O)cc2C1. The molecule has 1 aromatic rings. The minimum atomic E-state index is -0.947. The van der Waals surface area contributed by atoms with Gasteiger partial charge in [-0.25, -0.2) is 9.59 Å². The third-order valence-electron chi connectivity index (χ3n) is 3.28. The minimum Gasteiger partial charge on any atom is -0.478 e. The Morgan fingerprint density at radius 1 is 1.35 bits per heavy atom. The van der Waals surface area contributed by atoms with E-state index < -0.39 is 5.97 Å². The van der Waals surface area contributed by atoms with Crippen molar-refractivity contribution >= 4 is 12.0 Å². The first-order valence-electron chi connectivity index (χ1n) is 6.38. The number of carbonyl (C=O) groups excluding carboxylic acids is 1. The Hall–Kier alpha value is -2.30. The quantitative estimate of drug-likeness (QED) is 0.860. The number of hydrogen-bond acceptors (Lipinski definition) is 2. The molecule has 0 saturated carbocycles. The molecule has 0 bridgehead atoms. The Balaban J connectivity index is 2.11. The van der Waals surface area contributed by atoms with Crippen molar-refractivity contribution in [3.8, 4) is 0 Å². The second-order valence-corrected chi connectivity index (χ2v) is 5.24. The summed E-state index contributed by atoms with van der Waals surface area (Å²) in [7, 11) is 1.74. The Morgan fingerprint density at radius 2 is 2.00 bits per heavy atom. The van der Waals surface area contributed by atoms with Gasteiger partial charge in [-0.3, -0.25) is 0 Å². The summed E-state index contributed by atoms with van der Waals surface area (Å²) < 4.78 is 0. The van der Waals surface area contributed by atoms with E-state index in [1.807, 2.05) is 6.92 Å². The van der Waals surface area contributed by atoms with Gasteiger partial charge in [0.05, 0.1) is 5.56 Å². The van der Waals surface area contributed by atoms with Gasteiger partial charge < -0.3 is 14.9 Å². The van der Waals surface area contributed by atoms with Gasteiger partial charge in [0.1, 0.15) is 0 Å². The molecule has 1 N–H and O–H groups in total. The number of nitrogens with zero attached hydrogens (tertiary/aromatic N) is 2. The van der Waals surface area contributed by atoms with E-state index in [1.165, 1.54) is 0 Å². The van der Waals surface area contributed by atoms with Crippen LogP contribution < -0.4 is 0 Å². The fourth-order valence-corrected chi connectivity index (χ4v) is 2.38. The molecule has 2 rings (SSSR count). The van der Waals surface area contributed by atoms with Crippen LogP contribution in [-0.2, 0) is 13.1 Å². The van der Waals surface area contributed by atoms with Crippen LogP contribution in [0.15, 0.2) is 30.4 Å². The van der Waals surface area contributed by atoms with E-state index in [0.717, 1.165) is 16.7 Å². The van der Waals surface area contributed by atoms with E-state index >= 15 is 0 Å². The highest BCUT2D eigenvalue weighted by atomic mass is 16.4. The lowest BCUT2D eigenvalue weighted by Crippen LogP contribution is -2.38. The third kappa shape index (κ3) is 2.82. The molecule has 2 amide bonds. The molecule has 106 valence electrons. The van der Waals surface area contributed by atoms with Gasteiger partial charge in [-0.15, -0.1) is 0 Å². The number of carboxylic acid groups (broad SMARTS) is 1. The van der Waals surface area contributed by atoms with Crippen LogP contribution in [0.4, 0.5) is 4.79 Å². The fourth-order valence-electron chi connectivity index (χ4n) is 2.38. The Labute approximate surface area is 118 Å². The number of aromatic carboxylic acids is 1. The second kappa shape index (κ2) is 5.36. The first kappa shape index (κ1) is 14.1. The van der Waals surface area contributed by atoms with E-state index in [-0.39, 0.29) is 11.6 Å². The lowest BCUT2D eigenvalue weighted by atomic mass is 10.1. The standard InChI is InChI=1S/C15H18N2O3/c1-10(2)7-16(3)15(20)17-8-12-5-4-11(14(18)19)6-13(12)9-17/h4-6H,1,7-9H2,2-3H3,(H,18,19). The molecule has 1 aromatic carbocycles. The van der Waals surface area contributed by atoms with Gasteiger partial charge in [-0.1, -0.05) is 18.2 Å². The number of urea groups is 1. The molecule has 5 heteroatoms. The molecule has 20 heavy (non-hydrogen) atoms. The number of fused-ring (bicyclic) bond motifs is 1. The van der Waals surface area contributed by atoms with Crippen LogP contribution in [0.2, 0.25) is 0 Å². The first-order valence-corrected chi connectivity index (χ1v) is 6.38. The van der Waals surface area contributed by atoms with Gasteiger partial charge in [0, 0.05) is 26.7 Å². The van der Waals surface area contributed by atoms with Crippen LogP contribution in [0.1, 0.15) is 28.4 Å². The zero-order valence-corrected chi connectivity index (χ0v) is 11.7. The maximum absolute atomic E-state index is 12.3. The van der Waals surface area contributed by atoms with E-state index in [9.17, 15) is 9.59 Å². The van der Waals surface area contributed by atoms with E-state index in [0.29, 0.717) is 19.6 Å². The number of carboxylic acids is 1. The molecular formula is C15H18N2O3. The van der Waals surface area contributed by atoms with E-state index in [4.69, 9.17) is 5.11 Å². The van der Waals surface area contributed by atoms with E-state index in [2.05, 4.69) is 6.58 Å². The van der Waals surface area contributed by atoms with Crippen LogP contribution in [0, 0.1) is 0 Å². The molecule has 0 aliphatic carbocycles. The monoisotopic (exact) mass is 274 g/mol. The van der Waals surface area contributed by atoms with Crippen LogP contribution in [0.25, 0.3) is 0 Å². The highest BCUT2D eigenvalue weighted by Crippen LogP contribution is 2.24. The average Bonchev–Trinajstić information content (AvgIpc) is 2.79. The van der Waals surface area contributed by atoms with E-state index in [1.54, 1.807) is 35.0 Å². The third-order valence-corrected chi connectivity index (χ3v) is 3.28. The van der Waals surface area contributed by atoms with Crippen LogP contribution in [0.3, 0.4) is 0 Å². The molecule has 0 fully saturated rings. The molecule has 0 radical (unpaired) electrons. The lowest BCUT2D eigenvalue weighted by molar-refractivity contribution is 0.0696. The van der Waals surface area contributed by atoms with Crippen molar-refractivity contribution < 1.29 is 14.7 Å². The summed E-state index contributed by atoms with van der Waals surface area (Å²) in [4.78, 5) is 26.5. The normalized spacial score (nSPS) is 13.0. The zero-order chi connectivity index (χ0) is 14.9. The van der Waals surface area contributed by atoms with Gasteiger partial charge >= 0.3 is 12.0 Å². The van der Waals surface area contributed by atoms with Crippen molar-refractivity contribution in [2.45, 2.75) is 20.0 Å². The lowest BCUT2D eigenvalue weighted by Gasteiger charge is -2.24. The summed E-state index contributed by atoms with van der Waals surface area (Å²) in [6.45, 7) is 7.17. The number of likely N-dealkylation sites (N-methyl/N-ethyl adjacent to an activating group) is 1. The largest absolute Gasteiger partial charge is 0.478 e. The predicted octanol–water partition coefficient (Wildman–Crippen LogP) is 2.33. The molecule has 0 saturated heterocycles. The topological polar surface area (TPSA) is 60.9 Å². The summed E-state index contributed by atoms with van der Waals surface area (Å²) in [6, 6.07) is 4.93. The molecule has 5 nitrogen and oxygen atoms in total. The maximum Gasteiger partial charge on any atom is 0.335 e. The summed E-state index contributed by atoms with van der Waals surface area (Å²) in [5.41, 5.74) is 3.09. The van der Waals surface area contributed by atoms with Gasteiger partial charge in [0.2, 0.25) is 0 Å². The van der Waals surface area contributed by atoms with Crippen LogP contribution in [0.5, 0.6) is 0 Å². The Morgan fingerprint density at radius 3 is 2.60 bits per heavy atom. The highest BCUT2D eigenvalue weighted by Gasteiger charge is 2.26. The van der Waals surface area contributed by atoms with Crippen molar-refractivity contribution in [3.05, 3.63) is 47.0 Å². The summed E-state index contributed by atoms with van der Waals surface area (Å²) >= 11 is 0. The van der Waals surface area contributed by atoms with Crippen molar-refractivity contribution in [1.82, 2.24) is 9.80 Å². The smallest absolute Gasteiger partial charge is 0.335 e. The molecule has 0 atom stereocenters. The second-order valence-electron chi connectivity index (χ2n) is 5.24. The van der Waals surface area contributed by atoms with Gasteiger partial charge in [0.15, 0.2) is 0 Å². The molecule has 1 aliphatic heterocycles. The summed E-state index contributed by atoms with van der Waals surface area (Å²) in [5.74, 6) is -0.947. The Bertz CT molecular complexity index is 580. The summed E-state index contributed by atoms with van der Waals surface area (Å²) in [6.07, 6.45) is 0. The molecule has 0 spiro atoms. The van der Waals surface area contributed by atoms with Crippen molar-refractivity contribution in [2.24, 2.45) is 0 Å². The van der Waals surface area contributed by atoms with Gasteiger partial charge in [0.25, 0.3) is 0 Å². The van der Waals surface area contributed by atoms with Crippen LogP contribution >= 0.6 is 0 Å². The number of carbonyl (C=O) groups is 2. The van der Waals surface area contributed by atoms with Crippen molar-refractivity contribution in [3.63, 3.8) is 0 Å². The molecule has 0 aromatic heterocycles. The zero-order valence-electron chi connectivity index (χ0n) is 11.7. The first-order chi connectivity index (χ1) is 9.38. The van der Waals surface area contributed by atoms with Crippen molar-refractivity contribution in [1.29, 1.82) is 0 Å². The minimum absolute atomic E-state index is 0.0684. The molecule has 1 heterocycles. The predicted molar refractivity (Wildman–Crippen MR) is 75.5 cm³/mol. The number of amides is 2. The highest BCUT2D eigenvalue weighted by molar-refractivity contribution is 5.88. The number of hydrogen-bond donors (Lipinski definition) is 1. The van der Waals surface area contributed by atoms with Crippen LogP contribution in [-0.4, -0.2) is 40.5 Å². The molecular weight excluding hydrogens is 256 g/mol.